The number of rotatable bonds is 6. The van der Waals surface area contributed by atoms with Gasteiger partial charge in [-0.2, -0.15) is 0 Å². The van der Waals surface area contributed by atoms with Gasteiger partial charge in [-0.3, -0.25) is 4.79 Å². The van der Waals surface area contributed by atoms with Crippen molar-refractivity contribution >= 4 is 17.2 Å². The third-order valence-electron chi connectivity index (χ3n) is 3.33. The minimum absolute atomic E-state index is 0.0307. The number of amides is 1. The van der Waals surface area contributed by atoms with Crippen molar-refractivity contribution in [2.45, 2.75) is 19.9 Å². The van der Waals surface area contributed by atoms with E-state index in [0.29, 0.717) is 18.7 Å². The summed E-state index contributed by atoms with van der Waals surface area (Å²) in [5, 5.41) is 2.90. The first-order valence-corrected chi connectivity index (χ1v) is 7.77. The molecule has 1 aromatic carbocycles. The molecule has 6 heteroatoms. The van der Waals surface area contributed by atoms with Crippen molar-refractivity contribution in [2.75, 3.05) is 21.3 Å². The number of aromatic nitrogens is 1. The highest BCUT2D eigenvalue weighted by Gasteiger charge is 2.14. The van der Waals surface area contributed by atoms with Crippen LogP contribution < -0.4 is 9.47 Å². The van der Waals surface area contributed by atoms with Crippen molar-refractivity contribution in [1.82, 2.24) is 9.88 Å². The van der Waals surface area contributed by atoms with E-state index in [-0.39, 0.29) is 5.91 Å². The number of carbonyl (C=O) groups is 1. The topological polar surface area (TPSA) is 51.7 Å². The molecule has 2 rings (SSSR count). The van der Waals surface area contributed by atoms with Crippen LogP contribution in [0.25, 0.3) is 0 Å². The molecule has 5 nitrogen and oxygen atoms in total. The van der Waals surface area contributed by atoms with Gasteiger partial charge in [0, 0.05) is 30.6 Å². The average Bonchev–Trinajstić information content (AvgIpc) is 2.92. The Bertz CT molecular complexity index is 655. The van der Waals surface area contributed by atoms with Crippen LogP contribution in [0, 0.1) is 6.92 Å². The van der Waals surface area contributed by atoms with Gasteiger partial charge in [0.1, 0.15) is 11.5 Å². The zero-order valence-electron chi connectivity index (χ0n) is 13.3. The number of nitrogens with zero attached hydrogens (tertiary/aromatic N) is 2. The van der Waals surface area contributed by atoms with Crippen molar-refractivity contribution in [1.29, 1.82) is 0 Å². The molecule has 0 saturated heterocycles. The molecular weight excluding hydrogens is 300 g/mol. The van der Waals surface area contributed by atoms with E-state index in [4.69, 9.17) is 9.47 Å². The summed E-state index contributed by atoms with van der Waals surface area (Å²) >= 11 is 1.56. The molecule has 0 aliphatic rings. The molecular formula is C16H20N2O3S. The van der Waals surface area contributed by atoms with Gasteiger partial charge in [-0.15, -0.1) is 11.3 Å². The second kappa shape index (κ2) is 7.26. The van der Waals surface area contributed by atoms with Crippen LogP contribution >= 0.6 is 11.3 Å². The molecule has 2 aromatic rings. The monoisotopic (exact) mass is 320 g/mol. The predicted molar refractivity (Wildman–Crippen MR) is 86.6 cm³/mol. The number of methoxy groups -OCH3 is 2. The first-order valence-electron chi connectivity index (χ1n) is 6.89. The molecule has 1 aromatic heterocycles. The highest BCUT2D eigenvalue weighted by atomic mass is 32.1. The summed E-state index contributed by atoms with van der Waals surface area (Å²) in [7, 11) is 5.00. The van der Waals surface area contributed by atoms with Crippen LogP contribution in [0.15, 0.2) is 23.6 Å². The minimum atomic E-state index is 0.0307. The number of likely N-dealkylation sites (N-methyl/N-ethyl adjacent to an activating group) is 1. The van der Waals surface area contributed by atoms with E-state index >= 15 is 0 Å². The van der Waals surface area contributed by atoms with Crippen LogP contribution in [0.3, 0.4) is 0 Å². The van der Waals surface area contributed by atoms with E-state index in [0.717, 1.165) is 22.0 Å². The fraction of sp³-hybridized carbons (Fsp3) is 0.375. The van der Waals surface area contributed by atoms with Gasteiger partial charge in [0.25, 0.3) is 0 Å². The maximum atomic E-state index is 12.3. The number of thiazole rings is 1. The number of hydrogen-bond acceptors (Lipinski definition) is 5. The number of ether oxygens (including phenoxy) is 2. The van der Waals surface area contributed by atoms with E-state index in [1.807, 2.05) is 30.5 Å². The number of aryl methyl sites for hydroxylation is 1. The van der Waals surface area contributed by atoms with E-state index in [1.54, 1.807) is 37.5 Å². The minimum Gasteiger partial charge on any atom is -0.497 e. The van der Waals surface area contributed by atoms with Gasteiger partial charge in [0.15, 0.2) is 0 Å². The van der Waals surface area contributed by atoms with Crippen molar-refractivity contribution in [3.63, 3.8) is 0 Å². The van der Waals surface area contributed by atoms with E-state index in [2.05, 4.69) is 4.98 Å². The molecule has 0 fully saturated rings. The normalized spacial score (nSPS) is 10.4. The van der Waals surface area contributed by atoms with Gasteiger partial charge in [-0.1, -0.05) is 0 Å². The zero-order chi connectivity index (χ0) is 16.1. The van der Waals surface area contributed by atoms with Gasteiger partial charge >= 0.3 is 0 Å². The molecule has 0 unspecified atom stereocenters. The van der Waals surface area contributed by atoms with Crippen molar-refractivity contribution < 1.29 is 14.3 Å². The molecule has 0 saturated carbocycles. The van der Waals surface area contributed by atoms with Gasteiger partial charge < -0.3 is 14.4 Å². The lowest BCUT2D eigenvalue weighted by Gasteiger charge is -2.19. The Morgan fingerprint density at radius 2 is 2.09 bits per heavy atom. The Labute approximate surface area is 134 Å². The van der Waals surface area contributed by atoms with Gasteiger partial charge in [0.2, 0.25) is 5.91 Å². The number of hydrogen-bond donors (Lipinski definition) is 0. The summed E-state index contributed by atoms with van der Waals surface area (Å²) < 4.78 is 10.5. The molecule has 22 heavy (non-hydrogen) atoms. The molecule has 118 valence electrons. The van der Waals surface area contributed by atoms with E-state index < -0.39 is 0 Å². The number of benzene rings is 1. The van der Waals surface area contributed by atoms with Gasteiger partial charge in [0.05, 0.1) is 31.3 Å². The summed E-state index contributed by atoms with van der Waals surface area (Å²) in [6.45, 7) is 2.42. The summed E-state index contributed by atoms with van der Waals surface area (Å²) in [5.74, 6) is 1.47. The molecule has 0 aliphatic heterocycles. The SMILES string of the molecule is COc1ccc(CN(C)C(=O)Cc2csc(C)n2)c(OC)c1. The first-order chi connectivity index (χ1) is 10.5. The summed E-state index contributed by atoms with van der Waals surface area (Å²) in [6, 6.07) is 5.59. The smallest absolute Gasteiger partial charge is 0.228 e. The fourth-order valence-corrected chi connectivity index (χ4v) is 2.72. The Morgan fingerprint density at radius 3 is 2.68 bits per heavy atom. The van der Waals surface area contributed by atoms with Crippen LogP contribution in [-0.2, 0) is 17.8 Å². The molecule has 0 atom stereocenters. The third-order valence-corrected chi connectivity index (χ3v) is 4.15. The lowest BCUT2D eigenvalue weighted by atomic mass is 10.1. The molecule has 0 bridgehead atoms. The van der Waals surface area contributed by atoms with E-state index in [1.165, 1.54) is 0 Å². The maximum Gasteiger partial charge on any atom is 0.228 e. The largest absolute Gasteiger partial charge is 0.497 e. The lowest BCUT2D eigenvalue weighted by Crippen LogP contribution is -2.28. The molecule has 0 N–H and O–H groups in total. The number of carbonyl (C=O) groups excluding carboxylic acids is 1. The molecule has 1 amide bonds. The van der Waals surface area contributed by atoms with Crippen molar-refractivity contribution in [3.05, 3.63) is 39.8 Å². The van der Waals surface area contributed by atoms with Crippen LogP contribution in [0.4, 0.5) is 0 Å². The standard InChI is InChI=1S/C16H20N2O3S/c1-11-17-13(10-22-11)7-16(19)18(2)9-12-5-6-14(20-3)8-15(12)21-4/h5-6,8,10H,7,9H2,1-4H3. The third kappa shape index (κ3) is 3.98. The predicted octanol–water partition coefficient (Wildman–Crippen LogP) is 2.67. The Kier molecular flexibility index (Phi) is 5.38. The van der Waals surface area contributed by atoms with Crippen LogP contribution in [0.1, 0.15) is 16.3 Å². The van der Waals surface area contributed by atoms with Crippen molar-refractivity contribution in [3.8, 4) is 11.5 Å². The average molecular weight is 320 g/mol. The fourth-order valence-electron chi connectivity index (χ4n) is 2.11. The molecule has 0 spiro atoms. The van der Waals surface area contributed by atoms with Crippen LogP contribution in [0.5, 0.6) is 11.5 Å². The summed E-state index contributed by atoms with van der Waals surface area (Å²) in [6.07, 6.45) is 0.319. The highest BCUT2D eigenvalue weighted by molar-refractivity contribution is 7.09. The molecule has 0 radical (unpaired) electrons. The molecule has 1 heterocycles. The first kappa shape index (κ1) is 16.3. The second-order valence-corrected chi connectivity index (χ2v) is 6.02. The van der Waals surface area contributed by atoms with Crippen molar-refractivity contribution in [2.24, 2.45) is 0 Å². The zero-order valence-corrected chi connectivity index (χ0v) is 14.1. The van der Waals surface area contributed by atoms with Gasteiger partial charge in [-0.05, 0) is 19.1 Å². The maximum absolute atomic E-state index is 12.3. The van der Waals surface area contributed by atoms with E-state index in [9.17, 15) is 4.79 Å². The highest BCUT2D eigenvalue weighted by Crippen LogP contribution is 2.25. The Morgan fingerprint density at radius 1 is 1.32 bits per heavy atom. The van der Waals surface area contributed by atoms with Gasteiger partial charge in [-0.25, -0.2) is 4.98 Å². The lowest BCUT2D eigenvalue weighted by molar-refractivity contribution is -0.129. The quantitative estimate of drug-likeness (QED) is 0.821. The van der Waals surface area contributed by atoms with Crippen LogP contribution in [-0.4, -0.2) is 37.1 Å². The molecule has 0 aliphatic carbocycles. The summed E-state index contributed by atoms with van der Waals surface area (Å²) in [5.41, 5.74) is 1.76. The second-order valence-electron chi connectivity index (χ2n) is 4.96. The Hall–Kier alpha value is -2.08. The Balaban J connectivity index is 2.04. The summed E-state index contributed by atoms with van der Waals surface area (Å²) in [4.78, 5) is 18.3. The van der Waals surface area contributed by atoms with Crippen LogP contribution in [0.2, 0.25) is 0 Å².